The summed E-state index contributed by atoms with van der Waals surface area (Å²) in [7, 11) is 5.23. The van der Waals surface area contributed by atoms with Crippen LogP contribution in [0.2, 0.25) is 0 Å². The Kier molecular flexibility index (Phi) is 3.13. The van der Waals surface area contributed by atoms with Crippen molar-refractivity contribution in [1.29, 1.82) is 0 Å². The summed E-state index contributed by atoms with van der Waals surface area (Å²) in [5, 5.41) is 14.3. The molecule has 9 heteroatoms. The summed E-state index contributed by atoms with van der Waals surface area (Å²) in [5.41, 5.74) is -0.469. The molecule has 0 unspecified atom stereocenters. The van der Waals surface area contributed by atoms with Crippen LogP contribution in [0.3, 0.4) is 0 Å². The molecule has 0 saturated carbocycles. The summed E-state index contributed by atoms with van der Waals surface area (Å²) < 4.78 is 37.8. The molecule has 90 valence electrons. The third kappa shape index (κ3) is 2.93. The molecule has 0 N–H and O–H groups in total. The Hall–Kier alpha value is -2.19. The van der Waals surface area contributed by atoms with Gasteiger partial charge < -0.3 is 4.59 Å². The molecule has 0 amide bonds. The number of azo groups is 1. The zero-order valence-electron chi connectivity index (χ0n) is 8.83. The summed E-state index contributed by atoms with van der Waals surface area (Å²) in [6.45, 7) is 0. The van der Waals surface area contributed by atoms with Gasteiger partial charge in [-0.2, -0.15) is 13.2 Å². The number of nitrogens with zero attached hydrogens (tertiary/aromatic N) is 5. The fraction of sp³-hybridized carbons (Fsp3) is 0.111. The van der Waals surface area contributed by atoms with Gasteiger partial charge in [-0.3, -0.25) is 0 Å². The lowest BCUT2D eigenvalue weighted by Gasteiger charge is -2.05. The maximum atomic E-state index is 12.3. The number of hydrogen-bond donors (Lipinski definition) is 0. The zero-order valence-corrected chi connectivity index (χ0v) is 8.83. The van der Waals surface area contributed by atoms with E-state index >= 15 is 0 Å². The number of hydrogen-bond acceptors (Lipinski definition) is 4. The molecule has 0 aliphatic heterocycles. The molecule has 1 aromatic carbocycles. The molecule has 18 heavy (non-hydrogen) atoms. The fourth-order valence-corrected chi connectivity index (χ4v) is 1.14. The molecule has 0 fully saturated rings. The molecule has 0 aliphatic carbocycles. The molecule has 2 radical (unpaired) electrons. The van der Waals surface area contributed by atoms with E-state index in [1.165, 1.54) is 18.3 Å². The van der Waals surface area contributed by atoms with E-state index in [4.69, 9.17) is 7.98 Å². The molecule has 5 nitrogen and oxygen atoms in total. The van der Waals surface area contributed by atoms with Crippen molar-refractivity contribution >= 4 is 19.5 Å². The van der Waals surface area contributed by atoms with Gasteiger partial charge in [-0.15, -0.1) is 15.3 Å². The van der Waals surface area contributed by atoms with Crippen LogP contribution < -0.4 is 0 Å². The van der Waals surface area contributed by atoms with E-state index in [0.717, 1.165) is 16.7 Å². The number of halogens is 3. The predicted octanol–water partition coefficient (Wildman–Crippen LogP) is 2.64. The second-order valence-corrected chi connectivity index (χ2v) is 3.30. The first-order chi connectivity index (χ1) is 8.45. The summed E-state index contributed by atoms with van der Waals surface area (Å²) in [5.74, 6) is 0.164. The predicted molar refractivity (Wildman–Crippen MR) is 56.8 cm³/mol. The van der Waals surface area contributed by atoms with Crippen LogP contribution in [0.1, 0.15) is 5.56 Å². The Balaban J connectivity index is 2.13. The minimum Gasteiger partial charge on any atom is -0.309 e. The van der Waals surface area contributed by atoms with E-state index in [1.54, 1.807) is 0 Å². The number of alkyl halides is 3. The van der Waals surface area contributed by atoms with Crippen molar-refractivity contribution in [3.8, 4) is 0 Å². The van der Waals surface area contributed by atoms with E-state index in [2.05, 4.69) is 20.5 Å². The average Bonchev–Trinajstić information content (AvgIpc) is 2.72. The van der Waals surface area contributed by atoms with Crippen LogP contribution in [0, 0.1) is 0 Å². The second kappa shape index (κ2) is 4.59. The molecule has 0 spiro atoms. The van der Waals surface area contributed by atoms with Crippen LogP contribution in [0.15, 0.2) is 40.7 Å². The smallest absolute Gasteiger partial charge is 0.309 e. The Morgan fingerprint density at radius 3 is 2.28 bits per heavy atom. The van der Waals surface area contributed by atoms with Crippen molar-refractivity contribution in [2.24, 2.45) is 10.2 Å². The van der Waals surface area contributed by atoms with E-state index in [0.29, 0.717) is 0 Å². The minimum atomic E-state index is -4.36. The van der Waals surface area contributed by atoms with Crippen LogP contribution in [0.25, 0.3) is 0 Å². The van der Waals surface area contributed by atoms with Crippen LogP contribution in [-0.2, 0) is 6.18 Å². The normalized spacial score (nSPS) is 12.2. The highest BCUT2D eigenvalue weighted by molar-refractivity contribution is 6.05. The first kappa shape index (κ1) is 12.3. The lowest BCUT2D eigenvalue weighted by atomic mass is 10.2. The number of rotatable bonds is 2. The second-order valence-electron chi connectivity index (χ2n) is 3.30. The molecule has 1 heterocycles. The Labute approximate surface area is 101 Å². The van der Waals surface area contributed by atoms with Crippen LogP contribution in [0.5, 0.6) is 0 Å². The first-order valence-electron chi connectivity index (χ1n) is 4.71. The quantitative estimate of drug-likeness (QED) is 0.608. The minimum absolute atomic E-state index is 0.164. The van der Waals surface area contributed by atoms with Crippen LogP contribution >= 0.6 is 0 Å². The largest absolute Gasteiger partial charge is 0.416 e. The van der Waals surface area contributed by atoms with Gasteiger partial charge in [0.05, 0.1) is 17.4 Å². The average molecular weight is 251 g/mol. The van der Waals surface area contributed by atoms with Crippen molar-refractivity contribution in [2.75, 3.05) is 0 Å². The van der Waals surface area contributed by atoms with Gasteiger partial charge >= 0.3 is 6.18 Å². The van der Waals surface area contributed by atoms with Gasteiger partial charge in [0.25, 0.3) is 7.98 Å². The lowest BCUT2D eigenvalue weighted by Crippen LogP contribution is -2.03. The summed E-state index contributed by atoms with van der Waals surface area (Å²) in [4.78, 5) is 0. The van der Waals surface area contributed by atoms with Crippen molar-refractivity contribution in [2.45, 2.75) is 6.18 Å². The molecule has 2 rings (SSSR count). The molecule has 2 aromatic rings. The van der Waals surface area contributed by atoms with Gasteiger partial charge in [0.1, 0.15) is 0 Å². The van der Waals surface area contributed by atoms with Gasteiger partial charge in [-0.1, -0.05) is 5.21 Å². The van der Waals surface area contributed by atoms with Gasteiger partial charge in [0, 0.05) is 0 Å². The topological polar surface area (TPSA) is 55.4 Å². The number of aromatic nitrogens is 3. The zero-order chi connectivity index (χ0) is 13.2. The van der Waals surface area contributed by atoms with Crippen molar-refractivity contribution in [1.82, 2.24) is 14.9 Å². The van der Waals surface area contributed by atoms with Crippen LogP contribution in [-0.4, -0.2) is 22.9 Å². The van der Waals surface area contributed by atoms with Crippen molar-refractivity contribution < 1.29 is 13.2 Å². The van der Waals surface area contributed by atoms with Crippen LogP contribution in [0.4, 0.5) is 24.7 Å². The van der Waals surface area contributed by atoms with Gasteiger partial charge in [0.2, 0.25) is 5.82 Å². The third-order valence-electron chi connectivity index (χ3n) is 1.96. The summed E-state index contributed by atoms with van der Waals surface area (Å²) in [6, 6.07) is 4.26. The third-order valence-corrected chi connectivity index (χ3v) is 1.96. The molecule has 1 aromatic heterocycles. The highest BCUT2D eigenvalue weighted by Crippen LogP contribution is 2.30. The standard InChI is InChI=1S/C9H5BF3N5/c10-18-5-8(16-17-18)15-14-7-3-1-6(2-4-7)9(11,12)13/h1-5H. The van der Waals surface area contributed by atoms with Gasteiger partial charge in [-0.05, 0) is 24.3 Å². The lowest BCUT2D eigenvalue weighted by molar-refractivity contribution is -0.137. The van der Waals surface area contributed by atoms with Gasteiger partial charge in [0.15, 0.2) is 0 Å². The highest BCUT2D eigenvalue weighted by Gasteiger charge is 2.29. The Bertz CT molecular complexity index is 560. The van der Waals surface area contributed by atoms with E-state index < -0.39 is 11.7 Å². The summed E-state index contributed by atoms with van der Waals surface area (Å²) >= 11 is 0. The van der Waals surface area contributed by atoms with Gasteiger partial charge in [-0.25, -0.2) is 0 Å². The summed E-state index contributed by atoms with van der Waals surface area (Å²) in [6.07, 6.45) is -3.05. The van der Waals surface area contributed by atoms with E-state index in [9.17, 15) is 13.2 Å². The number of benzene rings is 1. The first-order valence-corrected chi connectivity index (χ1v) is 4.71. The molecular weight excluding hydrogens is 246 g/mol. The highest BCUT2D eigenvalue weighted by atomic mass is 19.4. The molecule has 0 saturated heterocycles. The molecule has 0 bridgehead atoms. The molecule has 0 atom stereocenters. The molecular formula is C9H5BF3N5. The van der Waals surface area contributed by atoms with Crippen molar-refractivity contribution in [3.63, 3.8) is 0 Å². The Morgan fingerprint density at radius 1 is 1.11 bits per heavy atom. The SMILES string of the molecule is [B]n1cc(N=Nc2ccc(C(F)(F)F)cc2)nn1. The van der Waals surface area contributed by atoms with E-state index in [1.807, 2.05) is 0 Å². The monoisotopic (exact) mass is 251 g/mol. The van der Waals surface area contributed by atoms with E-state index in [-0.39, 0.29) is 11.5 Å². The van der Waals surface area contributed by atoms with Crippen molar-refractivity contribution in [3.05, 3.63) is 36.0 Å². The Morgan fingerprint density at radius 2 is 1.78 bits per heavy atom. The maximum Gasteiger partial charge on any atom is 0.416 e. The maximum absolute atomic E-state index is 12.3. The molecule has 0 aliphatic rings. The fourth-order valence-electron chi connectivity index (χ4n) is 1.14.